The second-order valence-electron chi connectivity index (χ2n) is 3.41. The van der Waals surface area contributed by atoms with Gasteiger partial charge in [-0.25, -0.2) is 0 Å². The molecule has 0 atom stereocenters. The van der Waals surface area contributed by atoms with Gasteiger partial charge in [-0.15, -0.1) is 11.6 Å². The van der Waals surface area contributed by atoms with Gasteiger partial charge in [-0.05, 0) is 37.5 Å². The molecule has 2 nitrogen and oxygen atoms in total. The molecule has 0 amide bonds. The van der Waals surface area contributed by atoms with Crippen molar-refractivity contribution < 1.29 is 9.53 Å². The predicted molar refractivity (Wildman–Crippen MR) is 66.9 cm³/mol. The maximum atomic E-state index is 10.5. The van der Waals surface area contributed by atoms with E-state index in [1.807, 2.05) is 0 Å². The highest BCUT2D eigenvalue weighted by Gasteiger charge is 2.02. The van der Waals surface area contributed by atoms with Crippen LogP contribution in [-0.4, -0.2) is 18.8 Å². The average molecular weight is 261 g/mol. The fraction of sp³-hybridized carbons (Fsp3) is 0.417. The molecule has 0 aliphatic heterocycles. The van der Waals surface area contributed by atoms with Gasteiger partial charge < -0.3 is 4.74 Å². The highest BCUT2D eigenvalue weighted by molar-refractivity contribution is 6.32. The first-order valence-electron chi connectivity index (χ1n) is 5.21. The van der Waals surface area contributed by atoms with E-state index < -0.39 is 0 Å². The molecule has 1 aromatic carbocycles. The second kappa shape index (κ2) is 7.53. The Balaban J connectivity index is 2.39. The zero-order chi connectivity index (χ0) is 11.8. The summed E-state index contributed by atoms with van der Waals surface area (Å²) in [5.41, 5.74) is 0.555. The molecule has 0 aliphatic carbocycles. The SMILES string of the molecule is O=Cc1ccc(OCCCCCCl)c(Cl)c1. The van der Waals surface area contributed by atoms with E-state index in [0.29, 0.717) is 28.8 Å². The van der Waals surface area contributed by atoms with Gasteiger partial charge in [-0.2, -0.15) is 0 Å². The van der Waals surface area contributed by atoms with Crippen molar-refractivity contribution in [1.29, 1.82) is 0 Å². The van der Waals surface area contributed by atoms with Crippen LogP contribution in [0.2, 0.25) is 5.02 Å². The number of aldehydes is 1. The fourth-order valence-corrected chi connectivity index (χ4v) is 1.70. The van der Waals surface area contributed by atoms with E-state index in [9.17, 15) is 4.79 Å². The lowest BCUT2D eigenvalue weighted by Crippen LogP contribution is -1.98. The van der Waals surface area contributed by atoms with E-state index in [1.165, 1.54) is 0 Å². The van der Waals surface area contributed by atoms with E-state index in [-0.39, 0.29) is 0 Å². The van der Waals surface area contributed by atoms with Crippen molar-refractivity contribution in [2.45, 2.75) is 19.3 Å². The Kier molecular flexibility index (Phi) is 6.27. The smallest absolute Gasteiger partial charge is 0.150 e. The molecule has 0 bridgehead atoms. The van der Waals surface area contributed by atoms with Gasteiger partial charge in [0.25, 0.3) is 0 Å². The van der Waals surface area contributed by atoms with Crippen LogP contribution >= 0.6 is 23.2 Å². The number of alkyl halides is 1. The topological polar surface area (TPSA) is 26.3 Å². The average Bonchev–Trinajstić information content (AvgIpc) is 2.30. The molecule has 0 aromatic heterocycles. The van der Waals surface area contributed by atoms with Gasteiger partial charge in [0.1, 0.15) is 12.0 Å². The lowest BCUT2D eigenvalue weighted by atomic mass is 10.2. The second-order valence-corrected chi connectivity index (χ2v) is 4.19. The summed E-state index contributed by atoms with van der Waals surface area (Å²) in [4.78, 5) is 10.5. The number of ether oxygens (including phenoxy) is 1. The molecule has 0 saturated carbocycles. The minimum Gasteiger partial charge on any atom is -0.492 e. The Morgan fingerprint density at radius 1 is 1.25 bits per heavy atom. The summed E-state index contributed by atoms with van der Waals surface area (Å²) in [7, 11) is 0. The van der Waals surface area contributed by atoms with Crippen molar-refractivity contribution in [3.63, 3.8) is 0 Å². The molecular formula is C12H14Cl2O2. The lowest BCUT2D eigenvalue weighted by Gasteiger charge is -2.07. The standard InChI is InChI=1S/C12H14Cl2O2/c13-6-2-1-3-7-16-12-5-4-10(9-15)8-11(12)14/h4-5,8-9H,1-3,6-7H2. The zero-order valence-electron chi connectivity index (χ0n) is 8.92. The molecule has 0 aliphatic rings. The van der Waals surface area contributed by atoms with E-state index in [4.69, 9.17) is 27.9 Å². The molecule has 0 heterocycles. The molecule has 0 spiro atoms. The molecule has 0 radical (unpaired) electrons. The summed E-state index contributed by atoms with van der Waals surface area (Å²) < 4.78 is 5.49. The van der Waals surface area contributed by atoms with Crippen LogP contribution in [0.25, 0.3) is 0 Å². The van der Waals surface area contributed by atoms with Gasteiger partial charge in [0.15, 0.2) is 0 Å². The number of carbonyl (C=O) groups is 1. The minimum absolute atomic E-state index is 0.474. The van der Waals surface area contributed by atoms with Crippen molar-refractivity contribution in [1.82, 2.24) is 0 Å². The monoisotopic (exact) mass is 260 g/mol. The fourth-order valence-electron chi connectivity index (χ4n) is 1.26. The van der Waals surface area contributed by atoms with Crippen molar-refractivity contribution in [3.05, 3.63) is 28.8 Å². The van der Waals surface area contributed by atoms with Crippen molar-refractivity contribution in [2.24, 2.45) is 0 Å². The molecule has 0 unspecified atom stereocenters. The van der Waals surface area contributed by atoms with Gasteiger partial charge in [0, 0.05) is 11.4 Å². The summed E-state index contributed by atoms with van der Waals surface area (Å²) >= 11 is 11.5. The Morgan fingerprint density at radius 2 is 2.06 bits per heavy atom. The molecule has 0 N–H and O–H groups in total. The van der Waals surface area contributed by atoms with Gasteiger partial charge in [-0.3, -0.25) is 4.79 Å². The van der Waals surface area contributed by atoms with Crippen LogP contribution in [0.1, 0.15) is 29.6 Å². The summed E-state index contributed by atoms with van der Waals surface area (Å²) in [6.45, 7) is 0.622. The highest BCUT2D eigenvalue weighted by Crippen LogP contribution is 2.25. The molecule has 16 heavy (non-hydrogen) atoms. The van der Waals surface area contributed by atoms with Crippen molar-refractivity contribution in [2.75, 3.05) is 12.5 Å². The number of hydrogen-bond acceptors (Lipinski definition) is 2. The third kappa shape index (κ3) is 4.42. The molecule has 0 fully saturated rings. The van der Waals surface area contributed by atoms with Gasteiger partial charge in [0.05, 0.1) is 11.6 Å². The molecule has 4 heteroatoms. The van der Waals surface area contributed by atoms with Crippen molar-refractivity contribution in [3.8, 4) is 5.75 Å². The molecule has 88 valence electrons. The Morgan fingerprint density at radius 3 is 2.69 bits per heavy atom. The first kappa shape index (κ1) is 13.3. The summed E-state index contributed by atoms with van der Waals surface area (Å²) in [6, 6.07) is 5.00. The maximum Gasteiger partial charge on any atom is 0.150 e. The van der Waals surface area contributed by atoms with Crippen LogP contribution in [0.15, 0.2) is 18.2 Å². The third-order valence-electron chi connectivity index (χ3n) is 2.13. The number of unbranched alkanes of at least 4 members (excludes halogenated alkanes) is 2. The number of carbonyl (C=O) groups excluding carboxylic acids is 1. The van der Waals surface area contributed by atoms with Crippen LogP contribution < -0.4 is 4.74 Å². The Labute approximate surface area is 106 Å². The number of rotatable bonds is 7. The summed E-state index contributed by atoms with van der Waals surface area (Å²) in [5.74, 6) is 1.31. The van der Waals surface area contributed by atoms with Crippen LogP contribution in [-0.2, 0) is 0 Å². The largest absolute Gasteiger partial charge is 0.492 e. The number of hydrogen-bond donors (Lipinski definition) is 0. The number of halogens is 2. The molecule has 1 rings (SSSR count). The van der Waals surface area contributed by atoms with E-state index >= 15 is 0 Å². The quantitative estimate of drug-likeness (QED) is 0.422. The van der Waals surface area contributed by atoms with Gasteiger partial charge in [-0.1, -0.05) is 11.6 Å². The first-order valence-corrected chi connectivity index (χ1v) is 6.12. The third-order valence-corrected chi connectivity index (χ3v) is 2.69. The summed E-state index contributed by atoms with van der Waals surface area (Å²) in [5, 5.41) is 0.474. The van der Waals surface area contributed by atoms with Crippen LogP contribution in [0, 0.1) is 0 Å². The van der Waals surface area contributed by atoms with Crippen LogP contribution in [0.5, 0.6) is 5.75 Å². The van der Waals surface area contributed by atoms with E-state index in [1.54, 1.807) is 18.2 Å². The van der Waals surface area contributed by atoms with Gasteiger partial charge >= 0.3 is 0 Å². The first-order chi connectivity index (χ1) is 7.77. The molecule has 1 aromatic rings. The van der Waals surface area contributed by atoms with E-state index in [0.717, 1.165) is 25.5 Å². The Bertz CT molecular complexity index is 340. The zero-order valence-corrected chi connectivity index (χ0v) is 10.4. The van der Waals surface area contributed by atoms with Crippen LogP contribution in [0.3, 0.4) is 0 Å². The number of benzene rings is 1. The lowest BCUT2D eigenvalue weighted by molar-refractivity contribution is 0.112. The minimum atomic E-state index is 0.474. The predicted octanol–water partition coefficient (Wildman–Crippen LogP) is 3.94. The maximum absolute atomic E-state index is 10.5. The summed E-state index contributed by atoms with van der Waals surface area (Å²) in [6.07, 6.45) is 3.77. The Hall–Kier alpha value is -0.730. The van der Waals surface area contributed by atoms with Gasteiger partial charge in [0.2, 0.25) is 0 Å². The van der Waals surface area contributed by atoms with E-state index in [2.05, 4.69) is 0 Å². The molecular weight excluding hydrogens is 247 g/mol. The molecule has 0 saturated heterocycles. The highest BCUT2D eigenvalue weighted by atomic mass is 35.5. The van der Waals surface area contributed by atoms with Crippen LogP contribution in [0.4, 0.5) is 0 Å². The van der Waals surface area contributed by atoms with Crippen molar-refractivity contribution >= 4 is 29.5 Å². The normalized spacial score (nSPS) is 10.1.